The van der Waals surface area contributed by atoms with Crippen molar-refractivity contribution < 1.29 is 22.9 Å². The maximum Gasteiger partial charge on any atom is 0.475 e. The summed E-state index contributed by atoms with van der Waals surface area (Å²) < 4.78 is 37.7. The van der Waals surface area contributed by atoms with Gasteiger partial charge in [-0.1, -0.05) is 65.7 Å². The van der Waals surface area contributed by atoms with E-state index in [0.717, 1.165) is 10.5 Å². The fourth-order valence-corrected chi connectivity index (χ4v) is 7.78. The van der Waals surface area contributed by atoms with Crippen molar-refractivity contribution in [3.05, 3.63) is 68.7 Å². The van der Waals surface area contributed by atoms with Crippen LogP contribution in [0, 0.1) is 6.92 Å². The molecule has 1 unspecified atom stereocenters. The third-order valence-electron chi connectivity index (χ3n) is 5.81. The standard InChI is InChI=1S/C23H30N5O6PS2/c1-15-10-12-28(21(29)25-15)20-23(5,26-27-24)19-17(33-20)14-32-35(30,34-19)31-13-11-16-8-6-7-9-18(16)36-37-22(2,3)4/h6-10,12,17,19-20H,11,13-14H2,1-5H3/t17-,19-,20-,23-,35?/m1/s1. The number of phosphoric acid groups is 1. The Morgan fingerprint density at radius 2 is 2.11 bits per heavy atom. The lowest BCUT2D eigenvalue weighted by molar-refractivity contribution is -0.0721. The smallest absolute Gasteiger partial charge is 0.349 e. The van der Waals surface area contributed by atoms with Gasteiger partial charge in [0.1, 0.15) is 17.7 Å². The van der Waals surface area contributed by atoms with E-state index in [9.17, 15) is 14.9 Å². The molecule has 5 atom stereocenters. The Labute approximate surface area is 223 Å². The van der Waals surface area contributed by atoms with Crippen LogP contribution in [0.2, 0.25) is 0 Å². The molecule has 0 aliphatic carbocycles. The summed E-state index contributed by atoms with van der Waals surface area (Å²) in [6.07, 6.45) is -0.714. The molecule has 37 heavy (non-hydrogen) atoms. The summed E-state index contributed by atoms with van der Waals surface area (Å²) in [4.78, 5) is 20.5. The number of azide groups is 1. The van der Waals surface area contributed by atoms with Crippen LogP contribution in [-0.2, 0) is 29.3 Å². The van der Waals surface area contributed by atoms with E-state index >= 15 is 0 Å². The van der Waals surface area contributed by atoms with E-state index in [1.54, 1.807) is 41.5 Å². The van der Waals surface area contributed by atoms with E-state index in [0.29, 0.717) is 12.1 Å². The van der Waals surface area contributed by atoms with Crippen LogP contribution in [0.4, 0.5) is 0 Å². The van der Waals surface area contributed by atoms with Crippen molar-refractivity contribution in [1.82, 2.24) is 9.55 Å². The van der Waals surface area contributed by atoms with Crippen LogP contribution in [0.15, 0.2) is 51.3 Å². The predicted octanol–water partition coefficient (Wildman–Crippen LogP) is 5.84. The zero-order valence-corrected chi connectivity index (χ0v) is 23.8. The minimum Gasteiger partial charge on any atom is -0.349 e. The summed E-state index contributed by atoms with van der Waals surface area (Å²) in [5.74, 6) is 0. The Morgan fingerprint density at radius 3 is 2.81 bits per heavy atom. The number of ether oxygens (including phenoxy) is 1. The summed E-state index contributed by atoms with van der Waals surface area (Å²) in [5, 5.41) is 3.91. The number of hydrogen-bond donors (Lipinski definition) is 0. The van der Waals surface area contributed by atoms with Crippen LogP contribution in [0.25, 0.3) is 10.4 Å². The summed E-state index contributed by atoms with van der Waals surface area (Å²) >= 11 is 0. The van der Waals surface area contributed by atoms with Crippen LogP contribution in [0.3, 0.4) is 0 Å². The largest absolute Gasteiger partial charge is 0.475 e. The molecule has 2 aliphatic heterocycles. The van der Waals surface area contributed by atoms with Crippen LogP contribution in [-0.4, -0.2) is 45.3 Å². The Bertz CT molecular complexity index is 1300. The SMILES string of the molecule is Cc1ccn([C@@H]2O[C@@H]3COP(=O)(OCCc4ccccc4SSC(C)(C)C)O[C@H]3[C@@]2(C)N=[N+]=[N-])c(=O)n1. The van der Waals surface area contributed by atoms with Gasteiger partial charge in [-0.25, -0.2) is 9.36 Å². The van der Waals surface area contributed by atoms with E-state index in [-0.39, 0.29) is 18.0 Å². The molecule has 1 aromatic heterocycles. The summed E-state index contributed by atoms with van der Waals surface area (Å²) in [5.41, 5.74) is 8.91. The third kappa shape index (κ3) is 6.43. The highest BCUT2D eigenvalue weighted by Crippen LogP contribution is 2.59. The fraction of sp³-hybridized carbons (Fsp3) is 0.565. The third-order valence-corrected chi connectivity index (χ3v) is 10.7. The van der Waals surface area contributed by atoms with Crippen molar-refractivity contribution in [2.75, 3.05) is 13.2 Å². The monoisotopic (exact) mass is 567 g/mol. The molecular formula is C23H30N5O6PS2. The first-order valence-electron chi connectivity index (χ1n) is 11.7. The zero-order valence-electron chi connectivity index (χ0n) is 21.3. The van der Waals surface area contributed by atoms with Gasteiger partial charge in [0.2, 0.25) is 0 Å². The lowest BCUT2D eigenvalue weighted by Gasteiger charge is -2.35. The summed E-state index contributed by atoms with van der Waals surface area (Å²) in [6.45, 7) is 9.72. The maximum absolute atomic E-state index is 13.4. The minimum absolute atomic E-state index is 0.0935. The normalized spacial score (nSPS) is 29.5. The molecule has 2 fully saturated rings. The van der Waals surface area contributed by atoms with Crippen molar-refractivity contribution in [1.29, 1.82) is 0 Å². The van der Waals surface area contributed by atoms with Crippen LogP contribution in [0.5, 0.6) is 0 Å². The van der Waals surface area contributed by atoms with Crippen LogP contribution < -0.4 is 5.69 Å². The molecule has 0 radical (unpaired) electrons. The first-order valence-corrected chi connectivity index (χ1v) is 15.3. The highest BCUT2D eigenvalue weighted by atomic mass is 33.1. The highest BCUT2D eigenvalue weighted by Gasteiger charge is 2.60. The zero-order chi connectivity index (χ0) is 26.8. The molecule has 0 amide bonds. The number of nitrogens with zero attached hydrogens (tertiary/aromatic N) is 5. The van der Waals surface area contributed by atoms with Gasteiger partial charge < -0.3 is 4.74 Å². The molecule has 0 N–H and O–H groups in total. The Hall–Kier alpha value is -1.82. The number of benzene rings is 1. The summed E-state index contributed by atoms with van der Waals surface area (Å²) in [6, 6.07) is 9.62. The van der Waals surface area contributed by atoms with Gasteiger partial charge in [-0.15, -0.1) is 0 Å². The molecule has 11 nitrogen and oxygen atoms in total. The molecule has 0 saturated carbocycles. The molecule has 2 saturated heterocycles. The predicted molar refractivity (Wildman–Crippen MR) is 142 cm³/mol. The van der Waals surface area contributed by atoms with Gasteiger partial charge in [0, 0.05) is 26.4 Å². The fourth-order valence-electron chi connectivity index (χ4n) is 4.05. The molecule has 200 valence electrons. The van der Waals surface area contributed by atoms with Crippen molar-refractivity contribution in [2.45, 2.75) is 74.7 Å². The number of hydrogen-bond acceptors (Lipinski definition) is 10. The molecule has 0 spiro atoms. The van der Waals surface area contributed by atoms with E-state index in [1.807, 2.05) is 24.3 Å². The molecule has 14 heteroatoms. The number of aromatic nitrogens is 2. The van der Waals surface area contributed by atoms with E-state index in [1.165, 1.54) is 10.8 Å². The van der Waals surface area contributed by atoms with Crippen molar-refractivity contribution in [3.8, 4) is 0 Å². The highest BCUT2D eigenvalue weighted by molar-refractivity contribution is 8.77. The van der Waals surface area contributed by atoms with E-state index < -0.39 is 37.5 Å². The van der Waals surface area contributed by atoms with Gasteiger partial charge in [-0.3, -0.25) is 18.1 Å². The number of phosphoric ester groups is 1. The topological polar surface area (TPSA) is 138 Å². The average Bonchev–Trinajstić information content (AvgIpc) is 3.09. The van der Waals surface area contributed by atoms with Gasteiger partial charge in [-0.2, -0.15) is 4.98 Å². The average molecular weight is 568 g/mol. The van der Waals surface area contributed by atoms with Gasteiger partial charge >= 0.3 is 13.5 Å². The second-order valence-corrected chi connectivity index (χ2v) is 14.6. The van der Waals surface area contributed by atoms with E-state index in [4.69, 9.17) is 18.3 Å². The number of aryl methyl sites for hydroxylation is 1. The molecule has 1 aromatic carbocycles. The molecule has 0 bridgehead atoms. The van der Waals surface area contributed by atoms with Gasteiger partial charge in [0.15, 0.2) is 6.23 Å². The Kier molecular flexibility index (Phi) is 8.47. The van der Waals surface area contributed by atoms with Crippen LogP contribution in [0.1, 0.15) is 45.2 Å². The van der Waals surface area contributed by atoms with Crippen molar-refractivity contribution in [3.63, 3.8) is 0 Å². The van der Waals surface area contributed by atoms with Crippen molar-refractivity contribution >= 4 is 29.4 Å². The molecule has 2 aromatic rings. The second-order valence-electron chi connectivity index (χ2n) is 9.94. The van der Waals surface area contributed by atoms with Gasteiger partial charge in [-0.05, 0) is 43.5 Å². The Balaban J connectivity index is 1.47. The number of rotatable bonds is 8. The van der Waals surface area contributed by atoms with Crippen molar-refractivity contribution in [2.24, 2.45) is 5.11 Å². The lowest BCUT2D eigenvalue weighted by atomic mass is 9.93. The lowest BCUT2D eigenvalue weighted by Crippen LogP contribution is -2.47. The summed E-state index contributed by atoms with van der Waals surface area (Å²) in [7, 11) is -0.541. The molecular weight excluding hydrogens is 537 g/mol. The first-order chi connectivity index (χ1) is 17.4. The quantitative estimate of drug-likeness (QED) is 0.127. The molecule has 2 aliphatic rings. The molecule has 4 rings (SSSR count). The first kappa shape index (κ1) is 28.2. The van der Waals surface area contributed by atoms with E-state index in [2.05, 4.69) is 35.8 Å². The Morgan fingerprint density at radius 1 is 1.35 bits per heavy atom. The number of fused-ring (bicyclic) bond motifs is 1. The van der Waals surface area contributed by atoms with Gasteiger partial charge in [0.05, 0.1) is 13.2 Å². The second kappa shape index (κ2) is 11.1. The van der Waals surface area contributed by atoms with Gasteiger partial charge in [0.25, 0.3) is 0 Å². The van der Waals surface area contributed by atoms with Crippen LogP contribution >= 0.6 is 29.4 Å². The minimum atomic E-state index is -4.00. The molecule has 3 heterocycles. The maximum atomic E-state index is 13.4.